The summed E-state index contributed by atoms with van der Waals surface area (Å²) in [5.41, 5.74) is 0.514. The maximum absolute atomic E-state index is 14.4. The zero-order chi connectivity index (χ0) is 20.6. The molecule has 0 aliphatic carbocycles. The Labute approximate surface area is 172 Å². The lowest BCUT2D eigenvalue weighted by atomic mass is 9.80. The second-order valence-corrected chi connectivity index (χ2v) is 8.63. The molecule has 2 atom stereocenters. The van der Waals surface area contributed by atoms with Gasteiger partial charge in [-0.05, 0) is 63.3 Å². The van der Waals surface area contributed by atoms with Crippen molar-refractivity contribution in [3.8, 4) is 11.5 Å². The van der Waals surface area contributed by atoms with E-state index in [0.717, 1.165) is 36.4 Å². The van der Waals surface area contributed by atoms with Crippen molar-refractivity contribution in [3.05, 3.63) is 59.4 Å². The molecule has 0 amide bonds. The van der Waals surface area contributed by atoms with Crippen molar-refractivity contribution < 1.29 is 19.0 Å². The molecule has 0 radical (unpaired) electrons. The molecule has 0 saturated carbocycles. The fourth-order valence-electron chi connectivity index (χ4n) is 5.01. The highest BCUT2D eigenvalue weighted by Crippen LogP contribution is 2.47. The van der Waals surface area contributed by atoms with Crippen molar-refractivity contribution in [3.63, 3.8) is 0 Å². The van der Waals surface area contributed by atoms with Crippen molar-refractivity contribution in [2.24, 2.45) is 0 Å². The first-order chi connectivity index (χ1) is 13.9. The Hall–Kier alpha value is -2.11. The molecule has 4 nitrogen and oxygen atoms in total. The number of rotatable bonds is 6. The van der Waals surface area contributed by atoms with Crippen LogP contribution in [0.1, 0.15) is 50.7 Å². The van der Waals surface area contributed by atoms with Crippen molar-refractivity contribution in [2.75, 3.05) is 7.11 Å². The van der Waals surface area contributed by atoms with Crippen molar-refractivity contribution in [2.45, 2.75) is 69.9 Å². The number of fused-ring (bicyclic) bond motifs is 2. The van der Waals surface area contributed by atoms with Gasteiger partial charge < -0.3 is 14.6 Å². The molecule has 156 valence electrons. The highest BCUT2D eigenvalue weighted by molar-refractivity contribution is 5.43. The van der Waals surface area contributed by atoms with Crippen LogP contribution in [0.25, 0.3) is 0 Å². The molecule has 0 spiro atoms. The van der Waals surface area contributed by atoms with Crippen LogP contribution in [0.2, 0.25) is 0 Å². The second-order valence-electron chi connectivity index (χ2n) is 8.63. The van der Waals surface area contributed by atoms with E-state index in [2.05, 4.69) is 11.0 Å². The second kappa shape index (κ2) is 7.96. The molecule has 2 aromatic carbocycles. The van der Waals surface area contributed by atoms with E-state index >= 15 is 0 Å². The van der Waals surface area contributed by atoms with Gasteiger partial charge in [0.2, 0.25) is 0 Å². The number of benzene rings is 2. The molecule has 0 aromatic heterocycles. The molecule has 2 saturated heterocycles. The first-order valence-electron chi connectivity index (χ1n) is 10.5. The summed E-state index contributed by atoms with van der Waals surface area (Å²) < 4.78 is 25.7. The van der Waals surface area contributed by atoms with Gasteiger partial charge in [0.25, 0.3) is 0 Å². The van der Waals surface area contributed by atoms with Crippen LogP contribution in [0, 0.1) is 5.82 Å². The summed E-state index contributed by atoms with van der Waals surface area (Å²) in [6.07, 6.45) is 3.29. The van der Waals surface area contributed by atoms with Crippen molar-refractivity contribution in [1.29, 1.82) is 0 Å². The predicted octanol–water partition coefficient (Wildman–Crippen LogP) is 4.64. The molecule has 2 fully saturated rings. The fraction of sp³-hybridized carbons (Fsp3) is 0.500. The predicted molar refractivity (Wildman–Crippen MR) is 111 cm³/mol. The lowest BCUT2D eigenvalue weighted by Crippen LogP contribution is -2.49. The maximum Gasteiger partial charge on any atom is 0.161 e. The van der Waals surface area contributed by atoms with Gasteiger partial charge in [0.15, 0.2) is 11.5 Å². The number of hydrogen-bond acceptors (Lipinski definition) is 4. The molecule has 2 bridgehead atoms. The van der Waals surface area contributed by atoms with Crippen LogP contribution in [0.15, 0.2) is 42.5 Å². The highest BCUT2D eigenvalue weighted by Gasteiger charge is 2.48. The first-order valence-corrected chi connectivity index (χ1v) is 10.5. The van der Waals surface area contributed by atoms with Crippen LogP contribution >= 0.6 is 0 Å². The number of hydrogen-bond donors (Lipinski definition) is 1. The monoisotopic (exact) mass is 399 g/mol. The molecule has 2 aromatic rings. The number of nitrogens with zero attached hydrogens (tertiary/aromatic N) is 1. The molecule has 0 unspecified atom stereocenters. The SMILES string of the molecule is COc1cc(CN2[C@H]3CC[C@H]2CC(O)(c2ccccc2F)C3)ccc1OC(C)C. The third-order valence-electron chi connectivity index (χ3n) is 6.25. The van der Waals surface area contributed by atoms with E-state index in [4.69, 9.17) is 9.47 Å². The van der Waals surface area contributed by atoms with Gasteiger partial charge in [-0.25, -0.2) is 4.39 Å². The van der Waals surface area contributed by atoms with Crippen molar-refractivity contribution in [1.82, 2.24) is 4.90 Å². The van der Waals surface area contributed by atoms with E-state index in [1.54, 1.807) is 25.3 Å². The van der Waals surface area contributed by atoms with Crippen LogP contribution in [0.4, 0.5) is 4.39 Å². The molecular formula is C24H30FNO3. The largest absolute Gasteiger partial charge is 0.493 e. The minimum absolute atomic E-state index is 0.0868. The Morgan fingerprint density at radius 3 is 2.41 bits per heavy atom. The Bertz CT molecular complexity index is 855. The molecule has 4 rings (SSSR count). The number of methoxy groups -OCH3 is 1. The third kappa shape index (κ3) is 3.99. The molecule has 2 heterocycles. The number of aliphatic hydroxyl groups is 1. The summed E-state index contributed by atoms with van der Waals surface area (Å²) in [4.78, 5) is 2.47. The van der Waals surface area contributed by atoms with Gasteiger partial charge in [0.05, 0.1) is 18.8 Å². The van der Waals surface area contributed by atoms with E-state index in [1.807, 2.05) is 26.0 Å². The molecule has 2 aliphatic heterocycles. The fourth-order valence-corrected chi connectivity index (χ4v) is 5.01. The smallest absolute Gasteiger partial charge is 0.161 e. The lowest BCUT2D eigenvalue weighted by Gasteiger charge is -2.44. The van der Waals surface area contributed by atoms with E-state index in [-0.39, 0.29) is 24.0 Å². The van der Waals surface area contributed by atoms with Crippen LogP contribution in [0.3, 0.4) is 0 Å². The summed E-state index contributed by atoms with van der Waals surface area (Å²) >= 11 is 0. The lowest BCUT2D eigenvalue weighted by molar-refractivity contribution is -0.0615. The molecule has 5 heteroatoms. The van der Waals surface area contributed by atoms with E-state index in [0.29, 0.717) is 18.4 Å². The van der Waals surface area contributed by atoms with Gasteiger partial charge in [-0.1, -0.05) is 24.3 Å². The summed E-state index contributed by atoms with van der Waals surface area (Å²) in [6.45, 7) is 4.78. The molecule has 29 heavy (non-hydrogen) atoms. The van der Waals surface area contributed by atoms with Crippen molar-refractivity contribution >= 4 is 0 Å². The highest BCUT2D eigenvalue weighted by atomic mass is 19.1. The van der Waals surface area contributed by atoms with Crippen LogP contribution in [0.5, 0.6) is 11.5 Å². The number of ether oxygens (including phenoxy) is 2. The minimum Gasteiger partial charge on any atom is -0.493 e. The summed E-state index contributed by atoms with van der Waals surface area (Å²) in [6, 6.07) is 13.2. The van der Waals surface area contributed by atoms with Gasteiger partial charge in [0.1, 0.15) is 5.82 Å². The minimum atomic E-state index is -1.08. The third-order valence-corrected chi connectivity index (χ3v) is 6.25. The van der Waals surface area contributed by atoms with E-state index in [1.165, 1.54) is 6.07 Å². The van der Waals surface area contributed by atoms with Gasteiger partial charge in [-0.15, -0.1) is 0 Å². The van der Waals surface area contributed by atoms with Crippen LogP contribution in [-0.4, -0.2) is 35.3 Å². The zero-order valence-electron chi connectivity index (χ0n) is 17.4. The first kappa shape index (κ1) is 20.2. The Kier molecular flexibility index (Phi) is 5.54. The topological polar surface area (TPSA) is 41.9 Å². The van der Waals surface area contributed by atoms with Gasteiger partial charge in [-0.2, -0.15) is 0 Å². The zero-order valence-corrected chi connectivity index (χ0v) is 17.4. The molecule has 2 aliphatic rings. The summed E-state index contributed by atoms with van der Waals surface area (Å²) in [5.74, 6) is 1.18. The average molecular weight is 400 g/mol. The Balaban J connectivity index is 1.52. The average Bonchev–Trinajstić information content (AvgIpc) is 2.92. The van der Waals surface area contributed by atoms with E-state index in [9.17, 15) is 9.50 Å². The number of halogens is 1. The Morgan fingerprint density at radius 1 is 1.10 bits per heavy atom. The standard InChI is InChI=1S/C24H30FNO3/c1-16(2)29-22-11-8-17(12-23(22)28-3)15-26-18-9-10-19(26)14-24(27,13-18)20-6-4-5-7-21(20)25/h4-8,11-12,16,18-19,27H,9-10,13-15H2,1-3H3/t18-,19-/m0/s1. The summed E-state index contributed by atoms with van der Waals surface area (Å²) in [7, 11) is 1.66. The maximum atomic E-state index is 14.4. The summed E-state index contributed by atoms with van der Waals surface area (Å²) in [5, 5.41) is 11.3. The van der Waals surface area contributed by atoms with E-state index < -0.39 is 5.60 Å². The molecule has 1 N–H and O–H groups in total. The number of piperidine rings is 1. The van der Waals surface area contributed by atoms with Crippen LogP contribution < -0.4 is 9.47 Å². The Morgan fingerprint density at radius 2 is 1.79 bits per heavy atom. The van der Waals surface area contributed by atoms with Crippen LogP contribution in [-0.2, 0) is 12.1 Å². The van der Waals surface area contributed by atoms with Gasteiger partial charge >= 0.3 is 0 Å². The normalized spacial score (nSPS) is 26.7. The molecular weight excluding hydrogens is 369 g/mol. The quantitative estimate of drug-likeness (QED) is 0.769. The van der Waals surface area contributed by atoms with Gasteiger partial charge in [0, 0.05) is 24.2 Å². The van der Waals surface area contributed by atoms with Gasteiger partial charge in [-0.3, -0.25) is 4.90 Å².